The van der Waals surface area contributed by atoms with Crippen molar-refractivity contribution in [2.24, 2.45) is 5.92 Å². The Morgan fingerprint density at radius 3 is 2.76 bits per heavy atom. The fraction of sp³-hybridized carbons (Fsp3) is 0.941. The lowest BCUT2D eigenvalue weighted by Crippen LogP contribution is -2.50. The van der Waals surface area contributed by atoms with Gasteiger partial charge in [-0.2, -0.15) is 0 Å². The van der Waals surface area contributed by atoms with Gasteiger partial charge in [-0.3, -0.25) is 9.69 Å². The van der Waals surface area contributed by atoms with Crippen LogP contribution in [-0.2, 0) is 4.79 Å². The first-order valence-corrected chi connectivity index (χ1v) is 9.03. The molecule has 2 aliphatic heterocycles. The van der Waals surface area contributed by atoms with E-state index in [1.54, 1.807) is 0 Å². The lowest BCUT2D eigenvalue weighted by Gasteiger charge is -2.38. The Labute approximate surface area is 129 Å². The summed E-state index contributed by atoms with van der Waals surface area (Å²) in [6.07, 6.45) is 8.89. The predicted molar refractivity (Wildman–Crippen MR) is 85.2 cm³/mol. The molecule has 2 unspecified atom stereocenters. The average molecular weight is 293 g/mol. The Kier molecular flexibility index (Phi) is 5.17. The summed E-state index contributed by atoms with van der Waals surface area (Å²) in [5.74, 6) is 1.14. The van der Waals surface area contributed by atoms with Crippen LogP contribution in [0, 0.1) is 5.92 Å². The van der Waals surface area contributed by atoms with Crippen molar-refractivity contribution in [2.75, 3.05) is 32.7 Å². The average Bonchev–Trinajstić information content (AvgIpc) is 2.96. The molecule has 0 spiro atoms. The van der Waals surface area contributed by atoms with Crippen LogP contribution >= 0.6 is 0 Å². The third-order valence-corrected chi connectivity index (χ3v) is 5.78. The highest BCUT2D eigenvalue weighted by atomic mass is 16.2. The monoisotopic (exact) mass is 293 g/mol. The number of nitrogens with zero attached hydrogens (tertiary/aromatic N) is 2. The first-order valence-electron chi connectivity index (χ1n) is 9.03. The highest BCUT2D eigenvalue weighted by Crippen LogP contribution is 2.25. The zero-order chi connectivity index (χ0) is 14.7. The molecule has 1 amide bonds. The minimum Gasteiger partial charge on any atom is -0.339 e. The van der Waals surface area contributed by atoms with E-state index in [2.05, 4.69) is 22.0 Å². The van der Waals surface area contributed by atoms with Gasteiger partial charge < -0.3 is 10.2 Å². The Morgan fingerprint density at radius 2 is 2.00 bits per heavy atom. The molecule has 2 saturated heterocycles. The first kappa shape index (κ1) is 15.3. The maximum absolute atomic E-state index is 12.7. The molecule has 120 valence electrons. The number of carbonyl (C=O) groups is 1. The van der Waals surface area contributed by atoms with Crippen LogP contribution in [0.3, 0.4) is 0 Å². The summed E-state index contributed by atoms with van der Waals surface area (Å²) in [6, 6.07) is 1.24. The molecule has 0 aromatic rings. The Balaban J connectivity index is 1.52. The van der Waals surface area contributed by atoms with E-state index in [4.69, 9.17) is 0 Å². The van der Waals surface area contributed by atoms with E-state index in [1.165, 1.54) is 51.5 Å². The minimum atomic E-state index is 0.369. The first-order chi connectivity index (χ1) is 10.3. The number of carbonyl (C=O) groups excluding carboxylic acids is 1. The third-order valence-electron chi connectivity index (χ3n) is 5.78. The fourth-order valence-electron chi connectivity index (χ4n) is 4.58. The van der Waals surface area contributed by atoms with E-state index in [0.717, 1.165) is 31.6 Å². The van der Waals surface area contributed by atoms with Crippen LogP contribution in [0.25, 0.3) is 0 Å². The van der Waals surface area contributed by atoms with E-state index in [1.807, 2.05) is 0 Å². The van der Waals surface area contributed by atoms with E-state index in [-0.39, 0.29) is 0 Å². The highest BCUT2D eigenvalue weighted by molar-refractivity contribution is 5.78. The number of fused-ring (bicyclic) bond motifs is 1. The molecule has 1 saturated carbocycles. The summed E-state index contributed by atoms with van der Waals surface area (Å²) in [7, 11) is 0. The van der Waals surface area contributed by atoms with E-state index >= 15 is 0 Å². The van der Waals surface area contributed by atoms with Crippen molar-refractivity contribution >= 4 is 5.91 Å². The van der Waals surface area contributed by atoms with Gasteiger partial charge in [-0.1, -0.05) is 19.3 Å². The molecule has 1 aliphatic carbocycles. The number of amides is 1. The summed E-state index contributed by atoms with van der Waals surface area (Å²) in [5, 5.41) is 3.60. The number of hydrogen-bond donors (Lipinski definition) is 1. The highest BCUT2D eigenvalue weighted by Gasteiger charge is 2.34. The number of piperidine rings is 1. The topological polar surface area (TPSA) is 35.6 Å². The quantitative estimate of drug-likeness (QED) is 0.859. The molecule has 4 nitrogen and oxygen atoms in total. The van der Waals surface area contributed by atoms with Crippen LogP contribution in [0.5, 0.6) is 0 Å². The van der Waals surface area contributed by atoms with Crippen molar-refractivity contribution in [3.05, 3.63) is 0 Å². The predicted octanol–water partition coefficient (Wildman–Crippen LogP) is 1.85. The summed E-state index contributed by atoms with van der Waals surface area (Å²) in [4.78, 5) is 17.3. The molecule has 0 radical (unpaired) electrons. The van der Waals surface area contributed by atoms with Gasteiger partial charge in [0.05, 0.1) is 6.54 Å². The maximum atomic E-state index is 12.7. The summed E-state index contributed by atoms with van der Waals surface area (Å²) in [6.45, 7) is 7.03. The van der Waals surface area contributed by atoms with Crippen molar-refractivity contribution in [1.82, 2.24) is 15.1 Å². The smallest absolute Gasteiger partial charge is 0.236 e. The van der Waals surface area contributed by atoms with Crippen LogP contribution in [0.2, 0.25) is 0 Å². The number of rotatable bonds is 4. The van der Waals surface area contributed by atoms with Gasteiger partial charge in [0.25, 0.3) is 0 Å². The number of likely N-dealkylation sites (tertiary alicyclic amines) is 1. The van der Waals surface area contributed by atoms with Gasteiger partial charge in [0.2, 0.25) is 5.91 Å². The van der Waals surface area contributed by atoms with Crippen LogP contribution in [0.1, 0.15) is 51.9 Å². The molecular formula is C17H31N3O. The second-order valence-electron chi connectivity index (χ2n) is 7.10. The Morgan fingerprint density at radius 1 is 1.19 bits per heavy atom. The molecule has 21 heavy (non-hydrogen) atoms. The molecule has 3 rings (SSSR count). The minimum absolute atomic E-state index is 0.369. The zero-order valence-corrected chi connectivity index (χ0v) is 13.5. The third kappa shape index (κ3) is 3.59. The maximum Gasteiger partial charge on any atom is 0.236 e. The SMILES string of the molecule is CCN(C(=O)CN1CCC2NCCC2C1)C1CCCCC1. The van der Waals surface area contributed by atoms with Crippen LogP contribution in [0.15, 0.2) is 0 Å². The van der Waals surface area contributed by atoms with Crippen molar-refractivity contribution in [3.63, 3.8) is 0 Å². The molecule has 3 aliphatic rings. The van der Waals surface area contributed by atoms with Crippen molar-refractivity contribution in [1.29, 1.82) is 0 Å². The molecule has 0 aromatic heterocycles. The Hall–Kier alpha value is -0.610. The standard InChI is InChI=1S/C17H31N3O/c1-2-20(15-6-4-3-5-7-15)17(21)13-19-11-9-16-14(12-19)8-10-18-16/h14-16,18H,2-13H2,1H3. The molecule has 0 aromatic carbocycles. The van der Waals surface area contributed by atoms with E-state index in [9.17, 15) is 4.79 Å². The normalized spacial score (nSPS) is 31.1. The number of hydrogen-bond acceptors (Lipinski definition) is 3. The van der Waals surface area contributed by atoms with Gasteiger partial charge in [0, 0.05) is 31.7 Å². The molecule has 4 heteroatoms. The van der Waals surface area contributed by atoms with Gasteiger partial charge in [0.15, 0.2) is 0 Å². The molecule has 0 bridgehead atoms. The van der Waals surface area contributed by atoms with Crippen molar-refractivity contribution in [3.8, 4) is 0 Å². The molecule has 2 atom stereocenters. The number of likely N-dealkylation sites (N-methyl/N-ethyl adjacent to an activating group) is 1. The van der Waals surface area contributed by atoms with Gasteiger partial charge in [-0.25, -0.2) is 0 Å². The van der Waals surface area contributed by atoms with Gasteiger partial charge in [0.1, 0.15) is 0 Å². The summed E-state index contributed by atoms with van der Waals surface area (Å²) in [5.41, 5.74) is 0. The number of nitrogens with one attached hydrogen (secondary N) is 1. The largest absolute Gasteiger partial charge is 0.339 e. The molecular weight excluding hydrogens is 262 g/mol. The van der Waals surface area contributed by atoms with Gasteiger partial charge in [-0.15, -0.1) is 0 Å². The molecule has 2 heterocycles. The second-order valence-corrected chi connectivity index (χ2v) is 7.10. The van der Waals surface area contributed by atoms with Gasteiger partial charge >= 0.3 is 0 Å². The van der Waals surface area contributed by atoms with Crippen LogP contribution < -0.4 is 5.32 Å². The van der Waals surface area contributed by atoms with Crippen molar-refractivity contribution in [2.45, 2.75) is 64.0 Å². The van der Waals surface area contributed by atoms with Crippen molar-refractivity contribution < 1.29 is 4.79 Å². The van der Waals surface area contributed by atoms with E-state index in [0.29, 0.717) is 18.5 Å². The molecule has 1 N–H and O–H groups in total. The lowest BCUT2D eigenvalue weighted by molar-refractivity contribution is -0.135. The summed E-state index contributed by atoms with van der Waals surface area (Å²) < 4.78 is 0. The van der Waals surface area contributed by atoms with E-state index < -0.39 is 0 Å². The zero-order valence-electron chi connectivity index (χ0n) is 13.5. The lowest BCUT2D eigenvalue weighted by atomic mass is 9.93. The summed E-state index contributed by atoms with van der Waals surface area (Å²) >= 11 is 0. The molecule has 3 fully saturated rings. The van der Waals surface area contributed by atoms with Gasteiger partial charge in [-0.05, 0) is 45.1 Å². The van der Waals surface area contributed by atoms with Crippen LogP contribution in [-0.4, -0.2) is 60.5 Å². The second kappa shape index (κ2) is 7.10. The van der Waals surface area contributed by atoms with Crippen LogP contribution in [0.4, 0.5) is 0 Å². The Bertz CT molecular complexity index is 354. The fourth-order valence-corrected chi connectivity index (χ4v) is 4.58.